The number of rotatable bonds is 2. The molecule has 0 radical (unpaired) electrons. The SMILES string of the molecule is Cc1ccc(C(C)(O)c2ccc(F)c(F)c2)cc1F. The molecule has 0 aliphatic rings. The van der Waals surface area contributed by atoms with Gasteiger partial charge in [-0.3, -0.25) is 0 Å². The Labute approximate surface area is 109 Å². The zero-order valence-electron chi connectivity index (χ0n) is 10.5. The average molecular weight is 266 g/mol. The van der Waals surface area contributed by atoms with Crippen LogP contribution in [-0.4, -0.2) is 5.11 Å². The molecule has 0 aliphatic carbocycles. The van der Waals surface area contributed by atoms with Gasteiger partial charge in [-0.05, 0) is 48.7 Å². The maximum absolute atomic E-state index is 13.5. The predicted molar refractivity (Wildman–Crippen MR) is 66.2 cm³/mol. The van der Waals surface area contributed by atoms with E-state index in [2.05, 4.69) is 0 Å². The number of hydrogen-bond acceptors (Lipinski definition) is 1. The summed E-state index contributed by atoms with van der Waals surface area (Å²) in [5.41, 5.74) is -0.704. The van der Waals surface area contributed by atoms with Gasteiger partial charge in [0.25, 0.3) is 0 Å². The molecule has 19 heavy (non-hydrogen) atoms. The normalized spacial score (nSPS) is 14.2. The van der Waals surface area contributed by atoms with Crippen molar-refractivity contribution in [3.63, 3.8) is 0 Å². The Morgan fingerprint density at radius 2 is 1.37 bits per heavy atom. The first-order valence-corrected chi connectivity index (χ1v) is 5.77. The molecule has 0 aliphatic heterocycles. The highest BCUT2D eigenvalue weighted by molar-refractivity contribution is 5.37. The van der Waals surface area contributed by atoms with Gasteiger partial charge < -0.3 is 5.11 Å². The molecule has 1 atom stereocenters. The second-order valence-corrected chi connectivity index (χ2v) is 4.67. The van der Waals surface area contributed by atoms with Gasteiger partial charge in [0.05, 0.1) is 0 Å². The summed E-state index contributed by atoms with van der Waals surface area (Å²) >= 11 is 0. The van der Waals surface area contributed by atoms with Gasteiger partial charge in [0.15, 0.2) is 11.6 Å². The predicted octanol–water partition coefficient (Wildman–Crippen LogP) is 3.67. The lowest BCUT2D eigenvalue weighted by atomic mass is 9.87. The third kappa shape index (κ3) is 2.49. The van der Waals surface area contributed by atoms with Crippen molar-refractivity contribution in [2.75, 3.05) is 0 Å². The summed E-state index contributed by atoms with van der Waals surface area (Å²) < 4.78 is 39.6. The van der Waals surface area contributed by atoms with E-state index < -0.39 is 23.1 Å². The van der Waals surface area contributed by atoms with Crippen molar-refractivity contribution >= 4 is 0 Å². The van der Waals surface area contributed by atoms with Crippen molar-refractivity contribution in [1.29, 1.82) is 0 Å². The van der Waals surface area contributed by atoms with Crippen LogP contribution in [0.2, 0.25) is 0 Å². The zero-order chi connectivity index (χ0) is 14.2. The minimum atomic E-state index is -1.59. The summed E-state index contributed by atoms with van der Waals surface area (Å²) in [6.07, 6.45) is 0. The second kappa shape index (κ2) is 4.70. The Morgan fingerprint density at radius 1 is 0.842 bits per heavy atom. The summed E-state index contributed by atoms with van der Waals surface area (Å²) in [5, 5.41) is 10.4. The molecule has 2 aromatic rings. The molecule has 0 spiro atoms. The topological polar surface area (TPSA) is 20.2 Å². The standard InChI is InChI=1S/C15H13F3O/c1-9-3-4-10(7-13(9)17)15(2,19)11-5-6-12(16)14(18)8-11/h3-8,19H,1-2H3. The van der Waals surface area contributed by atoms with Crippen molar-refractivity contribution in [3.05, 3.63) is 70.5 Å². The number of halogens is 3. The van der Waals surface area contributed by atoms with Gasteiger partial charge in [-0.25, -0.2) is 13.2 Å². The van der Waals surface area contributed by atoms with Gasteiger partial charge >= 0.3 is 0 Å². The van der Waals surface area contributed by atoms with Crippen molar-refractivity contribution in [3.8, 4) is 0 Å². The Morgan fingerprint density at radius 3 is 1.89 bits per heavy atom. The number of aliphatic hydroxyl groups is 1. The van der Waals surface area contributed by atoms with Crippen molar-refractivity contribution in [1.82, 2.24) is 0 Å². The van der Waals surface area contributed by atoms with E-state index in [-0.39, 0.29) is 11.1 Å². The third-order valence-electron chi connectivity index (χ3n) is 3.22. The third-order valence-corrected chi connectivity index (χ3v) is 3.22. The van der Waals surface area contributed by atoms with Crippen LogP contribution in [-0.2, 0) is 5.60 Å². The van der Waals surface area contributed by atoms with E-state index in [1.165, 1.54) is 25.1 Å². The van der Waals surface area contributed by atoms with Gasteiger partial charge in [0, 0.05) is 0 Å². The molecule has 0 amide bonds. The lowest BCUT2D eigenvalue weighted by Crippen LogP contribution is -2.23. The van der Waals surface area contributed by atoms with Crippen LogP contribution in [0.25, 0.3) is 0 Å². The largest absolute Gasteiger partial charge is 0.381 e. The molecule has 1 nitrogen and oxygen atoms in total. The van der Waals surface area contributed by atoms with E-state index in [0.29, 0.717) is 5.56 Å². The molecule has 0 bridgehead atoms. The average Bonchev–Trinajstić information content (AvgIpc) is 2.35. The van der Waals surface area contributed by atoms with Crippen LogP contribution in [0.1, 0.15) is 23.6 Å². The van der Waals surface area contributed by atoms with E-state index in [9.17, 15) is 18.3 Å². The zero-order valence-corrected chi connectivity index (χ0v) is 10.5. The summed E-state index contributed by atoms with van der Waals surface area (Å²) in [6, 6.07) is 7.39. The van der Waals surface area contributed by atoms with Crippen molar-refractivity contribution in [2.45, 2.75) is 19.4 Å². The molecule has 0 saturated heterocycles. The van der Waals surface area contributed by atoms with Crippen LogP contribution in [0, 0.1) is 24.4 Å². The smallest absolute Gasteiger partial charge is 0.159 e. The first-order chi connectivity index (χ1) is 8.82. The molecule has 1 N–H and O–H groups in total. The monoisotopic (exact) mass is 266 g/mol. The summed E-state index contributed by atoms with van der Waals surface area (Å²) in [4.78, 5) is 0. The van der Waals surface area contributed by atoms with E-state index in [1.807, 2.05) is 0 Å². The first-order valence-electron chi connectivity index (χ1n) is 5.77. The molecule has 4 heteroatoms. The van der Waals surface area contributed by atoms with Crippen molar-refractivity contribution in [2.24, 2.45) is 0 Å². The van der Waals surface area contributed by atoms with Gasteiger partial charge in [-0.15, -0.1) is 0 Å². The van der Waals surface area contributed by atoms with E-state index >= 15 is 0 Å². The first kappa shape index (κ1) is 13.6. The second-order valence-electron chi connectivity index (χ2n) is 4.67. The number of aryl methyl sites for hydroxylation is 1. The molecule has 0 fully saturated rings. The highest BCUT2D eigenvalue weighted by Crippen LogP contribution is 2.30. The maximum Gasteiger partial charge on any atom is 0.159 e. The van der Waals surface area contributed by atoms with E-state index in [0.717, 1.165) is 12.1 Å². The van der Waals surface area contributed by atoms with Crippen LogP contribution in [0.5, 0.6) is 0 Å². The van der Waals surface area contributed by atoms with Gasteiger partial charge in [0.1, 0.15) is 11.4 Å². The fourth-order valence-electron chi connectivity index (χ4n) is 1.86. The van der Waals surface area contributed by atoms with E-state index in [1.54, 1.807) is 13.0 Å². The molecule has 0 aromatic heterocycles. The molecule has 0 saturated carbocycles. The van der Waals surface area contributed by atoms with Crippen LogP contribution in [0.4, 0.5) is 13.2 Å². The maximum atomic E-state index is 13.5. The van der Waals surface area contributed by atoms with Crippen LogP contribution in [0.3, 0.4) is 0 Å². The fourth-order valence-corrected chi connectivity index (χ4v) is 1.86. The lowest BCUT2D eigenvalue weighted by molar-refractivity contribution is 0.101. The Bertz CT molecular complexity index is 567. The van der Waals surface area contributed by atoms with Crippen molar-refractivity contribution < 1.29 is 18.3 Å². The van der Waals surface area contributed by atoms with E-state index in [4.69, 9.17) is 0 Å². The molecule has 0 heterocycles. The van der Waals surface area contributed by atoms with Crippen LogP contribution >= 0.6 is 0 Å². The van der Waals surface area contributed by atoms with Gasteiger partial charge in [-0.1, -0.05) is 18.2 Å². The quantitative estimate of drug-likeness (QED) is 0.879. The minimum Gasteiger partial charge on any atom is -0.381 e. The molecule has 2 rings (SSSR count). The number of benzene rings is 2. The summed E-state index contributed by atoms with van der Waals surface area (Å²) in [6.45, 7) is 3.01. The molecular formula is C15H13F3O. The Balaban J connectivity index is 2.51. The fraction of sp³-hybridized carbons (Fsp3) is 0.200. The molecular weight excluding hydrogens is 253 g/mol. The summed E-state index contributed by atoms with van der Waals surface area (Å²) in [7, 11) is 0. The number of hydrogen-bond donors (Lipinski definition) is 1. The van der Waals surface area contributed by atoms with Crippen LogP contribution in [0.15, 0.2) is 36.4 Å². The molecule has 100 valence electrons. The molecule has 1 unspecified atom stereocenters. The van der Waals surface area contributed by atoms with Crippen LogP contribution < -0.4 is 0 Å². The highest BCUT2D eigenvalue weighted by atomic mass is 19.2. The summed E-state index contributed by atoms with van der Waals surface area (Å²) in [5.74, 6) is -2.50. The van der Waals surface area contributed by atoms with Gasteiger partial charge in [-0.2, -0.15) is 0 Å². The lowest BCUT2D eigenvalue weighted by Gasteiger charge is -2.25. The Hall–Kier alpha value is -1.81. The molecule has 2 aromatic carbocycles. The highest BCUT2D eigenvalue weighted by Gasteiger charge is 2.27. The minimum absolute atomic E-state index is 0.162. The van der Waals surface area contributed by atoms with Gasteiger partial charge in [0.2, 0.25) is 0 Å². The Kier molecular flexibility index (Phi) is 3.37.